The van der Waals surface area contributed by atoms with Crippen molar-refractivity contribution in [2.45, 2.75) is 26.9 Å². The van der Waals surface area contributed by atoms with Crippen molar-refractivity contribution in [3.63, 3.8) is 0 Å². The second-order valence-corrected chi connectivity index (χ2v) is 5.86. The van der Waals surface area contributed by atoms with E-state index in [1.807, 2.05) is 45.0 Å². The fourth-order valence-corrected chi connectivity index (χ4v) is 2.26. The highest BCUT2D eigenvalue weighted by Crippen LogP contribution is 2.36. The number of carbonyl (C=O) groups excluding carboxylic acids is 1. The van der Waals surface area contributed by atoms with Gasteiger partial charge in [-0.05, 0) is 45.0 Å². The number of hydrogen-bond acceptors (Lipinski definition) is 3. The molecule has 122 valence electrons. The van der Waals surface area contributed by atoms with Crippen molar-refractivity contribution in [3.8, 4) is 11.5 Å². The lowest BCUT2D eigenvalue weighted by Crippen LogP contribution is -2.13. The van der Waals surface area contributed by atoms with Crippen molar-refractivity contribution in [2.24, 2.45) is 0 Å². The number of rotatable bonds is 5. The molecule has 2 aromatic carbocycles. The molecule has 0 aromatic heterocycles. The molecule has 0 spiro atoms. The van der Waals surface area contributed by atoms with Gasteiger partial charge < -0.3 is 14.8 Å². The topological polar surface area (TPSA) is 47.6 Å². The maximum atomic E-state index is 12.5. The Hall–Kier alpha value is -2.20. The predicted molar refractivity (Wildman–Crippen MR) is 92.9 cm³/mol. The van der Waals surface area contributed by atoms with Crippen LogP contribution >= 0.6 is 11.6 Å². The second kappa shape index (κ2) is 7.38. The lowest BCUT2D eigenvalue weighted by atomic mass is 10.1. The summed E-state index contributed by atoms with van der Waals surface area (Å²) in [5.41, 5.74) is 2.27. The molecule has 4 nitrogen and oxygen atoms in total. The number of carbonyl (C=O) groups is 1. The van der Waals surface area contributed by atoms with E-state index in [1.165, 1.54) is 7.11 Å². The number of hydrogen-bond donors (Lipinski definition) is 1. The molecule has 0 bridgehead atoms. The Bertz CT molecular complexity index is 696. The van der Waals surface area contributed by atoms with Gasteiger partial charge in [-0.25, -0.2) is 0 Å². The monoisotopic (exact) mass is 333 g/mol. The average Bonchev–Trinajstić information content (AvgIpc) is 2.51. The SMILES string of the molecule is COc1cc(C(=O)Nc2ccc(C)cc2)cc(OC(C)C)c1Cl. The van der Waals surface area contributed by atoms with Gasteiger partial charge in [0.2, 0.25) is 0 Å². The van der Waals surface area contributed by atoms with Crippen molar-refractivity contribution in [1.29, 1.82) is 0 Å². The van der Waals surface area contributed by atoms with Crippen LogP contribution in [0.1, 0.15) is 29.8 Å². The molecular formula is C18H20ClNO3. The summed E-state index contributed by atoms with van der Waals surface area (Å²) in [7, 11) is 1.50. The van der Waals surface area contributed by atoms with Crippen LogP contribution in [0.25, 0.3) is 0 Å². The number of nitrogens with one attached hydrogen (secondary N) is 1. The van der Waals surface area contributed by atoms with Crippen LogP contribution in [-0.2, 0) is 0 Å². The van der Waals surface area contributed by atoms with E-state index >= 15 is 0 Å². The Morgan fingerprint density at radius 3 is 2.30 bits per heavy atom. The van der Waals surface area contributed by atoms with E-state index in [9.17, 15) is 4.79 Å². The number of benzene rings is 2. The summed E-state index contributed by atoms with van der Waals surface area (Å²) < 4.78 is 10.9. The molecule has 0 atom stereocenters. The van der Waals surface area contributed by atoms with Gasteiger partial charge in [-0.1, -0.05) is 29.3 Å². The number of methoxy groups -OCH3 is 1. The Labute approximate surface area is 141 Å². The van der Waals surface area contributed by atoms with Crippen molar-refractivity contribution >= 4 is 23.2 Å². The molecule has 5 heteroatoms. The zero-order valence-electron chi connectivity index (χ0n) is 13.6. The van der Waals surface area contributed by atoms with Crippen LogP contribution in [-0.4, -0.2) is 19.1 Å². The molecular weight excluding hydrogens is 314 g/mol. The van der Waals surface area contributed by atoms with Crippen LogP contribution < -0.4 is 14.8 Å². The lowest BCUT2D eigenvalue weighted by molar-refractivity contribution is 0.102. The first-order valence-electron chi connectivity index (χ1n) is 7.33. The molecule has 0 fully saturated rings. The van der Waals surface area contributed by atoms with Gasteiger partial charge in [0.1, 0.15) is 16.5 Å². The van der Waals surface area contributed by atoms with Gasteiger partial charge in [0.15, 0.2) is 0 Å². The smallest absolute Gasteiger partial charge is 0.255 e. The standard InChI is InChI=1S/C18H20ClNO3/c1-11(2)23-16-10-13(9-15(22-4)17(16)19)18(21)20-14-7-5-12(3)6-8-14/h5-11H,1-4H3,(H,20,21). The van der Waals surface area contributed by atoms with E-state index in [4.69, 9.17) is 21.1 Å². The molecule has 0 saturated heterocycles. The van der Waals surface area contributed by atoms with Crippen molar-refractivity contribution in [1.82, 2.24) is 0 Å². The molecule has 0 aliphatic carbocycles. The van der Waals surface area contributed by atoms with E-state index in [0.717, 1.165) is 11.3 Å². The minimum absolute atomic E-state index is 0.0624. The van der Waals surface area contributed by atoms with Gasteiger partial charge in [-0.3, -0.25) is 4.79 Å². The Morgan fingerprint density at radius 1 is 1.13 bits per heavy atom. The van der Waals surface area contributed by atoms with Crippen molar-refractivity contribution in [3.05, 3.63) is 52.5 Å². The van der Waals surface area contributed by atoms with Gasteiger partial charge in [0.25, 0.3) is 5.91 Å². The third-order valence-corrected chi connectivity index (χ3v) is 3.53. The summed E-state index contributed by atoms with van der Waals surface area (Å²) in [5.74, 6) is 0.575. The maximum Gasteiger partial charge on any atom is 0.255 e. The number of amides is 1. The minimum Gasteiger partial charge on any atom is -0.495 e. The van der Waals surface area contributed by atoms with Crippen LogP contribution in [0, 0.1) is 6.92 Å². The van der Waals surface area contributed by atoms with E-state index in [0.29, 0.717) is 22.1 Å². The van der Waals surface area contributed by atoms with Gasteiger partial charge in [-0.15, -0.1) is 0 Å². The molecule has 1 amide bonds. The van der Waals surface area contributed by atoms with Gasteiger partial charge in [0.05, 0.1) is 13.2 Å². The van der Waals surface area contributed by atoms with Gasteiger partial charge in [0, 0.05) is 11.3 Å². The first-order chi connectivity index (χ1) is 10.9. The van der Waals surface area contributed by atoms with E-state index in [2.05, 4.69) is 5.32 Å². The number of ether oxygens (including phenoxy) is 2. The molecule has 2 aromatic rings. The summed E-state index contributed by atoms with van der Waals surface area (Å²) >= 11 is 6.23. The minimum atomic E-state index is -0.252. The zero-order valence-corrected chi connectivity index (χ0v) is 14.4. The van der Waals surface area contributed by atoms with Crippen molar-refractivity contribution in [2.75, 3.05) is 12.4 Å². The van der Waals surface area contributed by atoms with Gasteiger partial charge in [-0.2, -0.15) is 0 Å². The summed E-state index contributed by atoms with van der Waals surface area (Å²) in [6, 6.07) is 10.8. The van der Waals surface area contributed by atoms with Crippen LogP contribution in [0.2, 0.25) is 5.02 Å². The van der Waals surface area contributed by atoms with Crippen LogP contribution in [0.5, 0.6) is 11.5 Å². The Morgan fingerprint density at radius 2 is 1.74 bits per heavy atom. The average molecular weight is 334 g/mol. The molecule has 0 radical (unpaired) electrons. The fraction of sp³-hybridized carbons (Fsp3) is 0.278. The predicted octanol–water partition coefficient (Wildman–Crippen LogP) is 4.70. The summed E-state index contributed by atoms with van der Waals surface area (Å²) in [5, 5.41) is 3.20. The van der Waals surface area contributed by atoms with Gasteiger partial charge >= 0.3 is 0 Å². The quantitative estimate of drug-likeness (QED) is 0.863. The Balaban J connectivity index is 2.30. The first-order valence-corrected chi connectivity index (χ1v) is 7.70. The molecule has 1 N–H and O–H groups in total. The fourth-order valence-electron chi connectivity index (χ4n) is 2.03. The molecule has 0 aliphatic heterocycles. The Kier molecular flexibility index (Phi) is 5.50. The third-order valence-electron chi connectivity index (χ3n) is 3.16. The van der Waals surface area contributed by atoms with Crippen LogP contribution in [0.4, 0.5) is 5.69 Å². The van der Waals surface area contributed by atoms with Crippen LogP contribution in [0.3, 0.4) is 0 Å². The summed E-state index contributed by atoms with van der Waals surface area (Å²) in [4.78, 5) is 12.5. The third kappa shape index (κ3) is 4.39. The number of anilines is 1. The van der Waals surface area contributed by atoms with Crippen LogP contribution in [0.15, 0.2) is 36.4 Å². The zero-order chi connectivity index (χ0) is 17.0. The molecule has 2 rings (SSSR count). The van der Waals surface area contributed by atoms with Crippen molar-refractivity contribution < 1.29 is 14.3 Å². The summed E-state index contributed by atoms with van der Waals surface area (Å²) in [6.07, 6.45) is -0.0624. The molecule has 0 heterocycles. The normalized spacial score (nSPS) is 10.5. The molecule has 0 aliphatic rings. The maximum absolute atomic E-state index is 12.5. The highest BCUT2D eigenvalue weighted by Gasteiger charge is 2.16. The second-order valence-electron chi connectivity index (χ2n) is 5.48. The molecule has 0 unspecified atom stereocenters. The largest absolute Gasteiger partial charge is 0.495 e. The lowest BCUT2D eigenvalue weighted by Gasteiger charge is -2.15. The highest BCUT2D eigenvalue weighted by atomic mass is 35.5. The number of aryl methyl sites for hydroxylation is 1. The molecule has 0 saturated carbocycles. The summed E-state index contributed by atoms with van der Waals surface area (Å²) in [6.45, 7) is 5.77. The molecule has 23 heavy (non-hydrogen) atoms. The highest BCUT2D eigenvalue weighted by molar-refractivity contribution is 6.33. The first kappa shape index (κ1) is 17.2. The number of halogens is 1. The van der Waals surface area contributed by atoms with E-state index in [-0.39, 0.29) is 12.0 Å². The van der Waals surface area contributed by atoms with E-state index < -0.39 is 0 Å². The van der Waals surface area contributed by atoms with E-state index in [1.54, 1.807) is 12.1 Å².